The molecule has 0 aliphatic heterocycles. The number of carbonyl (C=O) groups is 1. The van der Waals surface area contributed by atoms with Crippen molar-refractivity contribution >= 4 is 5.91 Å². The summed E-state index contributed by atoms with van der Waals surface area (Å²) < 4.78 is 1.75. The Morgan fingerprint density at radius 1 is 1.50 bits per heavy atom. The molecule has 2 aromatic rings. The van der Waals surface area contributed by atoms with Crippen molar-refractivity contribution in [2.45, 2.75) is 39.7 Å². The van der Waals surface area contributed by atoms with Crippen LogP contribution in [0.25, 0.3) is 0 Å². The topological polar surface area (TPSA) is 75.6 Å². The van der Waals surface area contributed by atoms with Crippen LogP contribution in [0.5, 0.6) is 0 Å². The van der Waals surface area contributed by atoms with E-state index in [0.29, 0.717) is 24.7 Å². The normalized spacial score (nSPS) is 11.0. The Kier molecular flexibility index (Phi) is 4.55. The standard InChI is InChI=1S/C14H21N5O/c1-4-19-13(7-12(18-19)10(2)3)14(20)16-6-5-11-8-15-9-17-11/h7-10H,4-6H2,1-3H3,(H,15,17)(H,16,20). The zero-order valence-corrected chi connectivity index (χ0v) is 12.2. The largest absolute Gasteiger partial charge is 0.350 e. The first-order valence-electron chi connectivity index (χ1n) is 6.95. The van der Waals surface area contributed by atoms with Crippen LogP contribution in [0, 0.1) is 0 Å². The van der Waals surface area contributed by atoms with Crippen LogP contribution in [0.3, 0.4) is 0 Å². The molecule has 20 heavy (non-hydrogen) atoms. The maximum Gasteiger partial charge on any atom is 0.269 e. The van der Waals surface area contributed by atoms with E-state index >= 15 is 0 Å². The molecule has 2 aromatic heterocycles. The smallest absolute Gasteiger partial charge is 0.269 e. The Bertz CT molecular complexity index is 556. The summed E-state index contributed by atoms with van der Waals surface area (Å²) in [6.07, 6.45) is 4.14. The number of nitrogens with zero attached hydrogens (tertiary/aromatic N) is 3. The number of imidazole rings is 1. The van der Waals surface area contributed by atoms with Gasteiger partial charge in [0.1, 0.15) is 5.69 Å². The number of hydrogen-bond acceptors (Lipinski definition) is 3. The first-order chi connectivity index (χ1) is 9.61. The van der Waals surface area contributed by atoms with E-state index in [-0.39, 0.29) is 5.91 Å². The molecule has 0 spiro atoms. The molecule has 1 amide bonds. The summed E-state index contributed by atoms with van der Waals surface area (Å²) in [5.41, 5.74) is 2.59. The maximum atomic E-state index is 12.2. The lowest BCUT2D eigenvalue weighted by Gasteiger charge is -2.05. The van der Waals surface area contributed by atoms with Crippen molar-refractivity contribution in [1.29, 1.82) is 0 Å². The third-order valence-corrected chi connectivity index (χ3v) is 3.16. The summed E-state index contributed by atoms with van der Waals surface area (Å²) in [7, 11) is 0. The zero-order valence-electron chi connectivity index (χ0n) is 12.2. The monoisotopic (exact) mass is 275 g/mol. The van der Waals surface area contributed by atoms with Gasteiger partial charge in [-0.3, -0.25) is 9.48 Å². The SMILES string of the molecule is CCn1nc(C(C)C)cc1C(=O)NCCc1cnc[nH]1. The predicted molar refractivity (Wildman–Crippen MR) is 76.6 cm³/mol. The van der Waals surface area contributed by atoms with Crippen molar-refractivity contribution in [3.8, 4) is 0 Å². The summed E-state index contributed by atoms with van der Waals surface area (Å²) in [6.45, 7) is 7.39. The number of hydrogen-bond donors (Lipinski definition) is 2. The van der Waals surface area contributed by atoms with Crippen LogP contribution in [-0.2, 0) is 13.0 Å². The van der Waals surface area contributed by atoms with Crippen molar-refractivity contribution in [3.05, 3.63) is 35.7 Å². The molecule has 0 aliphatic carbocycles. The zero-order chi connectivity index (χ0) is 14.5. The van der Waals surface area contributed by atoms with Crippen molar-refractivity contribution in [1.82, 2.24) is 25.1 Å². The molecule has 0 saturated heterocycles. The summed E-state index contributed by atoms with van der Waals surface area (Å²) in [6, 6.07) is 1.87. The van der Waals surface area contributed by atoms with Crippen molar-refractivity contribution in [3.63, 3.8) is 0 Å². The average molecular weight is 275 g/mol. The quantitative estimate of drug-likeness (QED) is 0.843. The van der Waals surface area contributed by atoms with Crippen LogP contribution in [0.15, 0.2) is 18.6 Å². The minimum Gasteiger partial charge on any atom is -0.350 e. The summed E-state index contributed by atoms with van der Waals surface area (Å²) >= 11 is 0. The second kappa shape index (κ2) is 6.36. The molecule has 0 unspecified atom stereocenters. The van der Waals surface area contributed by atoms with Crippen molar-refractivity contribution in [2.24, 2.45) is 0 Å². The fourth-order valence-electron chi connectivity index (χ4n) is 1.97. The van der Waals surface area contributed by atoms with Gasteiger partial charge in [-0.2, -0.15) is 5.10 Å². The number of H-pyrrole nitrogens is 1. The van der Waals surface area contributed by atoms with Gasteiger partial charge in [0.15, 0.2) is 0 Å². The first kappa shape index (κ1) is 14.3. The molecule has 0 aliphatic rings. The molecule has 0 aromatic carbocycles. The predicted octanol–water partition coefficient (Wildman–Crippen LogP) is 1.72. The van der Waals surface area contributed by atoms with E-state index < -0.39 is 0 Å². The van der Waals surface area contributed by atoms with Crippen LogP contribution in [-0.4, -0.2) is 32.2 Å². The molecule has 2 rings (SSSR count). The molecule has 0 saturated carbocycles. The van der Waals surface area contributed by atoms with Gasteiger partial charge >= 0.3 is 0 Å². The van der Waals surface area contributed by atoms with Gasteiger partial charge < -0.3 is 10.3 Å². The maximum absolute atomic E-state index is 12.2. The minimum absolute atomic E-state index is 0.0780. The number of aromatic nitrogens is 4. The second-order valence-corrected chi connectivity index (χ2v) is 5.01. The number of aromatic amines is 1. The molecule has 0 bridgehead atoms. The molecule has 2 heterocycles. The molecular weight excluding hydrogens is 254 g/mol. The molecule has 0 radical (unpaired) electrons. The first-order valence-corrected chi connectivity index (χ1v) is 6.95. The number of amides is 1. The molecule has 6 nitrogen and oxygen atoms in total. The highest BCUT2D eigenvalue weighted by Gasteiger charge is 2.15. The Morgan fingerprint density at radius 3 is 2.90 bits per heavy atom. The van der Waals surface area contributed by atoms with E-state index in [9.17, 15) is 4.79 Å². The van der Waals surface area contributed by atoms with Gasteiger partial charge in [-0.1, -0.05) is 13.8 Å². The number of aryl methyl sites for hydroxylation is 1. The Labute approximate surface area is 118 Å². The van der Waals surface area contributed by atoms with Gasteiger partial charge in [0.2, 0.25) is 0 Å². The van der Waals surface area contributed by atoms with Gasteiger partial charge in [-0.15, -0.1) is 0 Å². The highest BCUT2D eigenvalue weighted by molar-refractivity contribution is 5.92. The number of carbonyl (C=O) groups excluding carboxylic acids is 1. The fourth-order valence-corrected chi connectivity index (χ4v) is 1.97. The van der Waals surface area contributed by atoms with Gasteiger partial charge in [0.25, 0.3) is 5.91 Å². The number of rotatable bonds is 6. The van der Waals surface area contributed by atoms with Gasteiger partial charge in [0.05, 0.1) is 12.0 Å². The Hall–Kier alpha value is -2.11. The highest BCUT2D eigenvalue weighted by atomic mass is 16.2. The van der Waals surface area contributed by atoms with Crippen LogP contribution in [0.4, 0.5) is 0 Å². The molecule has 6 heteroatoms. The lowest BCUT2D eigenvalue weighted by Crippen LogP contribution is -2.28. The third-order valence-electron chi connectivity index (χ3n) is 3.16. The summed E-state index contributed by atoms with van der Waals surface area (Å²) in [5, 5.41) is 7.36. The lowest BCUT2D eigenvalue weighted by atomic mass is 10.1. The molecule has 2 N–H and O–H groups in total. The van der Waals surface area contributed by atoms with E-state index in [1.165, 1.54) is 0 Å². The van der Waals surface area contributed by atoms with Crippen LogP contribution in [0.2, 0.25) is 0 Å². The highest BCUT2D eigenvalue weighted by Crippen LogP contribution is 2.14. The van der Waals surface area contributed by atoms with Gasteiger partial charge in [0, 0.05) is 31.4 Å². The molecule has 0 atom stereocenters. The lowest BCUT2D eigenvalue weighted by molar-refractivity contribution is 0.0943. The van der Waals surface area contributed by atoms with E-state index in [1.54, 1.807) is 17.2 Å². The fraction of sp³-hybridized carbons (Fsp3) is 0.500. The van der Waals surface area contributed by atoms with Crippen LogP contribution < -0.4 is 5.32 Å². The molecular formula is C14H21N5O. The third kappa shape index (κ3) is 3.26. The molecule has 108 valence electrons. The molecule has 0 fully saturated rings. The van der Waals surface area contributed by atoms with Crippen LogP contribution in [0.1, 0.15) is 48.6 Å². The summed E-state index contributed by atoms with van der Waals surface area (Å²) in [5.74, 6) is 0.241. The average Bonchev–Trinajstić information content (AvgIpc) is 3.07. The summed E-state index contributed by atoms with van der Waals surface area (Å²) in [4.78, 5) is 19.1. The Morgan fingerprint density at radius 2 is 2.30 bits per heavy atom. The number of nitrogens with one attached hydrogen (secondary N) is 2. The van der Waals surface area contributed by atoms with Gasteiger partial charge in [-0.05, 0) is 18.9 Å². The minimum atomic E-state index is -0.0780. The van der Waals surface area contributed by atoms with E-state index in [1.807, 2.05) is 13.0 Å². The van der Waals surface area contributed by atoms with E-state index in [2.05, 4.69) is 34.2 Å². The second-order valence-electron chi connectivity index (χ2n) is 5.01. The van der Waals surface area contributed by atoms with Crippen molar-refractivity contribution in [2.75, 3.05) is 6.54 Å². The Balaban J connectivity index is 1.97. The van der Waals surface area contributed by atoms with Crippen molar-refractivity contribution < 1.29 is 4.79 Å². The van der Waals surface area contributed by atoms with E-state index in [0.717, 1.165) is 17.8 Å². The van der Waals surface area contributed by atoms with Crippen LogP contribution >= 0.6 is 0 Å². The van der Waals surface area contributed by atoms with Gasteiger partial charge in [-0.25, -0.2) is 4.98 Å². The van der Waals surface area contributed by atoms with E-state index in [4.69, 9.17) is 0 Å².